The predicted octanol–water partition coefficient (Wildman–Crippen LogP) is 4.33. The van der Waals surface area contributed by atoms with Gasteiger partial charge in [-0.25, -0.2) is 10.2 Å². The number of anilines is 1. The number of aryl methyl sites for hydroxylation is 1. The molecule has 3 aromatic rings. The van der Waals surface area contributed by atoms with E-state index in [1.54, 1.807) is 24.3 Å². The second-order valence-electron chi connectivity index (χ2n) is 5.74. The normalized spacial score (nSPS) is 10.3. The van der Waals surface area contributed by atoms with Gasteiger partial charge in [-0.2, -0.15) is 0 Å². The highest BCUT2D eigenvalue weighted by molar-refractivity contribution is 5.91. The van der Waals surface area contributed by atoms with Gasteiger partial charge in [0.2, 0.25) is 0 Å². The highest BCUT2D eigenvalue weighted by atomic mass is 16.5. The summed E-state index contributed by atoms with van der Waals surface area (Å²) in [6, 6.07) is 24.7. The van der Waals surface area contributed by atoms with Gasteiger partial charge in [0.1, 0.15) is 5.75 Å². The summed E-state index contributed by atoms with van der Waals surface area (Å²) >= 11 is 0. The van der Waals surface area contributed by atoms with Gasteiger partial charge in [0.05, 0.1) is 5.56 Å². The summed E-state index contributed by atoms with van der Waals surface area (Å²) in [5, 5.41) is 0. The van der Waals surface area contributed by atoms with E-state index >= 15 is 0 Å². The van der Waals surface area contributed by atoms with E-state index in [1.165, 1.54) is 0 Å². The van der Waals surface area contributed by atoms with Crippen LogP contribution in [0.4, 0.5) is 5.69 Å². The maximum atomic E-state index is 12.1. The highest BCUT2D eigenvalue weighted by Gasteiger charge is 2.08. The third-order valence-corrected chi connectivity index (χ3v) is 3.72. The van der Waals surface area contributed by atoms with Crippen LogP contribution in [0, 0.1) is 6.92 Å². The molecule has 0 amide bonds. The van der Waals surface area contributed by atoms with Gasteiger partial charge in [-0.05, 0) is 48.9 Å². The lowest BCUT2D eigenvalue weighted by atomic mass is 10.1. The summed E-state index contributed by atoms with van der Waals surface area (Å²) in [5.41, 5.74) is 10.0. The van der Waals surface area contributed by atoms with Crippen molar-refractivity contribution in [3.05, 3.63) is 95.6 Å². The van der Waals surface area contributed by atoms with Gasteiger partial charge in [0.25, 0.3) is 0 Å². The van der Waals surface area contributed by atoms with Crippen LogP contribution in [-0.4, -0.2) is 5.97 Å². The average molecular weight is 332 g/mol. The molecule has 0 aliphatic heterocycles. The van der Waals surface area contributed by atoms with E-state index in [9.17, 15) is 4.79 Å². The number of hydrazine groups is 1. The van der Waals surface area contributed by atoms with Gasteiger partial charge in [0.15, 0.2) is 0 Å². The topological polar surface area (TPSA) is 50.4 Å². The Bertz CT molecular complexity index is 813. The van der Waals surface area contributed by atoms with Crippen molar-refractivity contribution in [2.75, 3.05) is 5.43 Å². The van der Waals surface area contributed by atoms with Crippen LogP contribution in [-0.2, 0) is 6.54 Å². The second kappa shape index (κ2) is 8.13. The van der Waals surface area contributed by atoms with Crippen molar-refractivity contribution < 1.29 is 9.53 Å². The van der Waals surface area contributed by atoms with Crippen LogP contribution in [0.2, 0.25) is 0 Å². The number of esters is 1. The standard InChI is InChI=1S/C21H20N2O2/c1-16-7-11-18(12-8-16)21(24)25-20-13-9-17(10-14-20)15-22-23-19-5-3-2-4-6-19/h2-14,22-23H,15H2,1H3. The van der Waals surface area contributed by atoms with E-state index < -0.39 is 0 Å². The molecule has 2 N–H and O–H groups in total. The Morgan fingerprint density at radius 3 is 2.24 bits per heavy atom. The van der Waals surface area contributed by atoms with E-state index in [-0.39, 0.29) is 5.97 Å². The predicted molar refractivity (Wildman–Crippen MR) is 99.5 cm³/mol. The van der Waals surface area contributed by atoms with Crippen molar-refractivity contribution >= 4 is 11.7 Å². The molecule has 3 aromatic carbocycles. The Hall–Kier alpha value is -3.11. The molecule has 0 heterocycles. The van der Waals surface area contributed by atoms with E-state index in [1.807, 2.05) is 61.5 Å². The van der Waals surface area contributed by atoms with Gasteiger partial charge < -0.3 is 10.2 Å². The van der Waals surface area contributed by atoms with Gasteiger partial charge in [0, 0.05) is 12.2 Å². The third-order valence-electron chi connectivity index (χ3n) is 3.72. The van der Waals surface area contributed by atoms with E-state index in [0.29, 0.717) is 17.9 Å². The molecule has 0 unspecified atom stereocenters. The number of benzene rings is 3. The van der Waals surface area contributed by atoms with Crippen LogP contribution in [0.15, 0.2) is 78.9 Å². The number of ether oxygens (including phenoxy) is 1. The van der Waals surface area contributed by atoms with Crippen LogP contribution < -0.4 is 15.6 Å². The van der Waals surface area contributed by atoms with Crippen molar-refractivity contribution in [2.45, 2.75) is 13.5 Å². The number of carbonyl (C=O) groups is 1. The zero-order valence-electron chi connectivity index (χ0n) is 14.0. The summed E-state index contributed by atoms with van der Waals surface area (Å²) in [4.78, 5) is 12.1. The molecule has 0 spiro atoms. The molecule has 126 valence electrons. The van der Waals surface area contributed by atoms with Crippen molar-refractivity contribution in [2.24, 2.45) is 0 Å². The fourth-order valence-corrected chi connectivity index (χ4v) is 2.30. The largest absolute Gasteiger partial charge is 0.423 e. The molecule has 4 heteroatoms. The first-order valence-corrected chi connectivity index (χ1v) is 8.12. The minimum absolute atomic E-state index is 0.350. The molecule has 25 heavy (non-hydrogen) atoms. The number of hydrogen-bond donors (Lipinski definition) is 2. The van der Waals surface area contributed by atoms with Crippen LogP contribution in [0.3, 0.4) is 0 Å². The zero-order valence-corrected chi connectivity index (χ0v) is 14.0. The van der Waals surface area contributed by atoms with Crippen molar-refractivity contribution in [3.63, 3.8) is 0 Å². The Kier molecular flexibility index (Phi) is 5.44. The fraction of sp³-hybridized carbons (Fsp3) is 0.0952. The molecular formula is C21H20N2O2. The third kappa shape index (κ3) is 4.93. The molecule has 0 radical (unpaired) electrons. The number of nitrogens with one attached hydrogen (secondary N) is 2. The molecule has 0 atom stereocenters. The molecule has 0 aromatic heterocycles. The fourth-order valence-electron chi connectivity index (χ4n) is 2.30. The Balaban J connectivity index is 1.51. The Morgan fingerprint density at radius 2 is 1.56 bits per heavy atom. The monoisotopic (exact) mass is 332 g/mol. The van der Waals surface area contributed by atoms with E-state index in [0.717, 1.165) is 16.8 Å². The summed E-state index contributed by atoms with van der Waals surface area (Å²) in [6.07, 6.45) is 0. The molecular weight excluding hydrogens is 312 g/mol. The summed E-state index contributed by atoms with van der Waals surface area (Å²) in [7, 11) is 0. The van der Waals surface area contributed by atoms with Gasteiger partial charge in [-0.1, -0.05) is 48.0 Å². The Labute approximate surface area is 147 Å². The molecule has 0 aliphatic rings. The van der Waals surface area contributed by atoms with Crippen molar-refractivity contribution in [3.8, 4) is 5.75 Å². The summed E-state index contributed by atoms with van der Waals surface area (Å²) in [6.45, 7) is 2.63. The highest BCUT2D eigenvalue weighted by Crippen LogP contribution is 2.15. The molecule has 0 saturated heterocycles. The van der Waals surface area contributed by atoms with Gasteiger partial charge in [-0.3, -0.25) is 0 Å². The quantitative estimate of drug-likeness (QED) is 0.401. The van der Waals surface area contributed by atoms with Crippen LogP contribution in [0.25, 0.3) is 0 Å². The van der Waals surface area contributed by atoms with Crippen LogP contribution in [0.1, 0.15) is 21.5 Å². The van der Waals surface area contributed by atoms with E-state index in [4.69, 9.17) is 4.74 Å². The van der Waals surface area contributed by atoms with Crippen molar-refractivity contribution in [1.29, 1.82) is 0 Å². The molecule has 0 fully saturated rings. The molecule has 0 saturated carbocycles. The lowest BCUT2D eigenvalue weighted by Gasteiger charge is -2.09. The SMILES string of the molecule is Cc1ccc(C(=O)Oc2ccc(CNNc3ccccc3)cc2)cc1. The van der Waals surface area contributed by atoms with E-state index in [2.05, 4.69) is 10.9 Å². The number of rotatable bonds is 6. The maximum Gasteiger partial charge on any atom is 0.343 e. The lowest BCUT2D eigenvalue weighted by Crippen LogP contribution is -2.20. The number of para-hydroxylation sites is 1. The first kappa shape index (κ1) is 16.7. The smallest absolute Gasteiger partial charge is 0.343 e. The molecule has 0 bridgehead atoms. The Morgan fingerprint density at radius 1 is 0.880 bits per heavy atom. The first-order valence-electron chi connectivity index (χ1n) is 8.12. The lowest BCUT2D eigenvalue weighted by molar-refractivity contribution is 0.0734. The average Bonchev–Trinajstić information content (AvgIpc) is 2.64. The zero-order chi connectivity index (χ0) is 17.5. The minimum Gasteiger partial charge on any atom is -0.423 e. The molecule has 0 aliphatic carbocycles. The molecule has 3 rings (SSSR count). The first-order chi connectivity index (χ1) is 12.2. The van der Waals surface area contributed by atoms with Gasteiger partial charge in [-0.15, -0.1) is 0 Å². The second-order valence-corrected chi connectivity index (χ2v) is 5.74. The maximum absolute atomic E-state index is 12.1. The van der Waals surface area contributed by atoms with Crippen molar-refractivity contribution in [1.82, 2.24) is 5.43 Å². The van der Waals surface area contributed by atoms with Crippen LogP contribution >= 0.6 is 0 Å². The number of hydrogen-bond acceptors (Lipinski definition) is 4. The molecule has 4 nitrogen and oxygen atoms in total. The summed E-state index contributed by atoms with van der Waals surface area (Å²) < 4.78 is 5.39. The summed E-state index contributed by atoms with van der Waals surface area (Å²) in [5.74, 6) is 0.182. The number of carbonyl (C=O) groups excluding carboxylic acids is 1. The van der Waals surface area contributed by atoms with Crippen LogP contribution in [0.5, 0.6) is 5.75 Å². The van der Waals surface area contributed by atoms with Gasteiger partial charge >= 0.3 is 5.97 Å². The minimum atomic E-state index is -0.350.